The summed E-state index contributed by atoms with van der Waals surface area (Å²) in [4.78, 5) is 11.4. The highest BCUT2D eigenvalue weighted by Gasteiger charge is 2.12. The van der Waals surface area contributed by atoms with E-state index in [1.165, 1.54) is 6.07 Å². The van der Waals surface area contributed by atoms with E-state index < -0.39 is 0 Å². The van der Waals surface area contributed by atoms with Crippen LogP contribution in [0, 0.1) is 12.7 Å². The summed E-state index contributed by atoms with van der Waals surface area (Å²) in [6, 6.07) is 6.85. The van der Waals surface area contributed by atoms with Crippen molar-refractivity contribution in [2.45, 2.75) is 6.92 Å². The fourth-order valence-corrected chi connectivity index (χ4v) is 1.92. The summed E-state index contributed by atoms with van der Waals surface area (Å²) in [5.74, 6) is 0.233. The summed E-state index contributed by atoms with van der Waals surface area (Å²) in [5, 5.41) is 0.769. The van der Waals surface area contributed by atoms with E-state index in [9.17, 15) is 4.39 Å². The number of pyridine rings is 1. The number of aryl methyl sites for hydroxylation is 1. The topological polar surface area (TPSA) is 41.6 Å². The fourth-order valence-electron chi connectivity index (χ4n) is 1.92. The van der Waals surface area contributed by atoms with Crippen molar-refractivity contribution < 1.29 is 4.39 Å². The van der Waals surface area contributed by atoms with Gasteiger partial charge in [0.05, 0.1) is 11.1 Å². The molecule has 0 aliphatic rings. The van der Waals surface area contributed by atoms with Crippen LogP contribution in [0.25, 0.3) is 22.3 Å². The van der Waals surface area contributed by atoms with E-state index in [0.29, 0.717) is 11.4 Å². The third kappa shape index (κ3) is 1.58. The number of rotatable bonds is 1. The number of aromatic nitrogens is 3. The van der Waals surface area contributed by atoms with Gasteiger partial charge in [0.2, 0.25) is 0 Å². The van der Waals surface area contributed by atoms with E-state index in [1.807, 2.05) is 19.1 Å². The second-order valence-corrected chi connectivity index (χ2v) is 3.88. The second-order valence-electron chi connectivity index (χ2n) is 3.88. The van der Waals surface area contributed by atoms with Crippen molar-refractivity contribution in [1.29, 1.82) is 0 Å². The Morgan fingerprint density at radius 2 is 2.06 bits per heavy atom. The molecule has 0 spiro atoms. The van der Waals surface area contributed by atoms with Gasteiger partial charge in [-0.05, 0) is 25.1 Å². The normalized spacial score (nSPS) is 10.9. The van der Waals surface area contributed by atoms with Crippen LogP contribution in [0.1, 0.15) is 5.69 Å². The zero-order chi connectivity index (χ0) is 11.8. The van der Waals surface area contributed by atoms with Gasteiger partial charge in [0.15, 0.2) is 0 Å². The van der Waals surface area contributed by atoms with Gasteiger partial charge < -0.3 is 4.98 Å². The molecule has 0 saturated carbocycles. The molecule has 0 saturated heterocycles. The fraction of sp³-hybridized carbons (Fsp3) is 0.0769. The Balaban J connectivity index is 2.40. The Bertz CT molecular complexity index is 674. The molecule has 84 valence electrons. The number of fused-ring (bicyclic) bond motifs is 1. The third-order valence-corrected chi connectivity index (χ3v) is 2.69. The number of halogens is 1. The number of nitrogens with one attached hydrogen (secondary N) is 1. The van der Waals surface area contributed by atoms with Crippen molar-refractivity contribution in [1.82, 2.24) is 15.0 Å². The zero-order valence-corrected chi connectivity index (χ0v) is 9.24. The van der Waals surface area contributed by atoms with Crippen LogP contribution < -0.4 is 0 Å². The molecule has 3 nitrogen and oxygen atoms in total. The lowest BCUT2D eigenvalue weighted by atomic mass is 10.1. The molecule has 2 heterocycles. The largest absolute Gasteiger partial charge is 0.345 e. The van der Waals surface area contributed by atoms with Crippen LogP contribution in [0.15, 0.2) is 36.7 Å². The predicted octanol–water partition coefficient (Wildman–Crippen LogP) is 3.07. The Labute approximate surface area is 97.3 Å². The minimum Gasteiger partial charge on any atom is -0.345 e. The van der Waals surface area contributed by atoms with Crippen molar-refractivity contribution in [2.24, 2.45) is 0 Å². The van der Waals surface area contributed by atoms with E-state index in [1.54, 1.807) is 18.5 Å². The lowest BCUT2D eigenvalue weighted by molar-refractivity contribution is 0.632. The van der Waals surface area contributed by atoms with E-state index in [2.05, 4.69) is 15.0 Å². The summed E-state index contributed by atoms with van der Waals surface area (Å²) in [5.41, 5.74) is 2.16. The Morgan fingerprint density at radius 1 is 1.18 bits per heavy atom. The minimum absolute atomic E-state index is 0.293. The maximum absolute atomic E-state index is 13.9. The quantitative estimate of drug-likeness (QED) is 0.694. The number of hydrogen-bond acceptors (Lipinski definition) is 2. The molecule has 3 rings (SSSR count). The van der Waals surface area contributed by atoms with E-state index >= 15 is 0 Å². The predicted molar refractivity (Wildman–Crippen MR) is 64.0 cm³/mol. The first-order chi connectivity index (χ1) is 8.25. The number of benzene rings is 1. The first-order valence-corrected chi connectivity index (χ1v) is 5.31. The minimum atomic E-state index is -0.293. The molecule has 0 atom stereocenters. The van der Waals surface area contributed by atoms with E-state index in [4.69, 9.17) is 0 Å². The van der Waals surface area contributed by atoms with Gasteiger partial charge in [0.25, 0.3) is 0 Å². The van der Waals surface area contributed by atoms with Crippen molar-refractivity contribution in [2.75, 3.05) is 0 Å². The molecule has 1 aromatic carbocycles. The SMILES string of the molecule is Cc1ccc2c(-c3ncc[nH]3)c(F)ccc2n1. The molecule has 3 aromatic rings. The van der Waals surface area contributed by atoms with Gasteiger partial charge >= 0.3 is 0 Å². The zero-order valence-electron chi connectivity index (χ0n) is 9.24. The standard InChI is InChI=1S/C13H10FN3/c1-8-2-3-9-11(17-8)5-4-10(14)12(9)13-15-6-7-16-13/h2-7H,1H3,(H,15,16). The lowest BCUT2D eigenvalue weighted by Crippen LogP contribution is -1.91. The summed E-state index contributed by atoms with van der Waals surface area (Å²) in [7, 11) is 0. The van der Waals surface area contributed by atoms with Crippen LogP contribution >= 0.6 is 0 Å². The average molecular weight is 227 g/mol. The van der Waals surface area contributed by atoms with Crippen molar-refractivity contribution >= 4 is 10.9 Å². The Hall–Kier alpha value is -2.23. The van der Waals surface area contributed by atoms with Crippen molar-refractivity contribution in [3.05, 3.63) is 48.2 Å². The molecule has 0 radical (unpaired) electrons. The molecule has 0 amide bonds. The molecular formula is C13H10FN3. The van der Waals surface area contributed by atoms with Gasteiger partial charge in [0, 0.05) is 23.5 Å². The second kappa shape index (κ2) is 3.66. The summed E-state index contributed by atoms with van der Waals surface area (Å²) in [6.07, 6.45) is 3.28. The van der Waals surface area contributed by atoms with Gasteiger partial charge in [-0.2, -0.15) is 0 Å². The molecule has 0 aliphatic heterocycles. The Kier molecular flexibility index (Phi) is 2.14. The van der Waals surface area contributed by atoms with Crippen LogP contribution in [0.4, 0.5) is 4.39 Å². The average Bonchev–Trinajstić information content (AvgIpc) is 2.82. The first-order valence-electron chi connectivity index (χ1n) is 5.31. The molecule has 4 heteroatoms. The highest BCUT2D eigenvalue weighted by molar-refractivity contribution is 5.93. The maximum Gasteiger partial charge on any atom is 0.140 e. The molecule has 17 heavy (non-hydrogen) atoms. The number of aromatic amines is 1. The van der Waals surface area contributed by atoms with Gasteiger partial charge in [-0.15, -0.1) is 0 Å². The molecule has 0 fully saturated rings. The highest BCUT2D eigenvalue weighted by Crippen LogP contribution is 2.28. The maximum atomic E-state index is 13.9. The monoisotopic (exact) mass is 227 g/mol. The number of nitrogens with zero attached hydrogens (tertiary/aromatic N) is 2. The number of hydrogen-bond donors (Lipinski definition) is 1. The molecule has 2 aromatic heterocycles. The molecule has 0 unspecified atom stereocenters. The molecule has 1 N–H and O–H groups in total. The van der Waals surface area contributed by atoms with Gasteiger partial charge in [-0.3, -0.25) is 4.98 Å². The van der Waals surface area contributed by atoms with Crippen LogP contribution in [-0.2, 0) is 0 Å². The summed E-state index contributed by atoms with van der Waals surface area (Å²) < 4.78 is 13.9. The van der Waals surface area contributed by atoms with Crippen LogP contribution in [-0.4, -0.2) is 15.0 Å². The van der Waals surface area contributed by atoms with Crippen LogP contribution in [0.3, 0.4) is 0 Å². The van der Waals surface area contributed by atoms with E-state index in [-0.39, 0.29) is 5.82 Å². The lowest BCUT2D eigenvalue weighted by Gasteiger charge is -2.05. The van der Waals surface area contributed by atoms with E-state index in [0.717, 1.165) is 16.6 Å². The highest BCUT2D eigenvalue weighted by atomic mass is 19.1. The van der Waals surface area contributed by atoms with Gasteiger partial charge in [-0.1, -0.05) is 6.07 Å². The van der Waals surface area contributed by atoms with Gasteiger partial charge in [0.1, 0.15) is 11.6 Å². The first kappa shape index (κ1) is 9.96. The number of H-pyrrole nitrogens is 1. The molecule has 0 aliphatic carbocycles. The van der Waals surface area contributed by atoms with Crippen LogP contribution in [0.5, 0.6) is 0 Å². The number of imidazole rings is 1. The third-order valence-electron chi connectivity index (χ3n) is 2.69. The summed E-state index contributed by atoms with van der Waals surface area (Å²) in [6.45, 7) is 1.91. The summed E-state index contributed by atoms with van der Waals surface area (Å²) >= 11 is 0. The van der Waals surface area contributed by atoms with Crippen molar-refractivity contribution in [3.63, 3.8) is 0 Å². The molecular weight excluding hydrogens is 217 g/mol. The van der Waals surface area contributed by atoms with Gasteiger partial charge in [-0.25, -0.2) is 9.37 Å². The van der Waals surface area contributed by atoms with Crippen molar-refractivity contribution in [3.8, 4) is 11.4 Å². The molecule has 0 bridgehead atoms. The Morgan fingerprint density at radius 3 is 2.82 bits per heavy atom. The smallest absolute Gasteiger partial charge is 0.140 e. The van der Waals surface area contributed by atoms with Crippen LogP contribution in [0.2, 0.25) is 0 Å².